The molecule has 0 aliphatic carbocycles. The van der Waals surface area contributed by atoms with E-state index >= 15 is 0 Å². The maximum atomic E-state index is 13.4. The van der Waals surface area contributed by atoms with Gasteiger partial charge in [-0.3, -0.25) is 9.80 Å². The van der Waals surface area contributed by atoms with Gasteiger partial charge in [0.15, 0.2) is 0 Å². The van der Waals surface area contributed by atoms with Crippen molar-refractivity contribution in [3.63, 3.8) is 0 Å². The van der Waals surface area contributed by atoms with Crippen LogP contribution in [0.5, 0.6) is 0 Å². The summed E-state index contributed by atoms with van der Waals surface area (Å²) in [5.74, 6) is 0.634. The number of aromatic nitrogens is 1. The summed E-state index contributed by atoms with van der Waals surface area (Å²) in [5, 5.41) is 1.04. The summed E-state index contributed by atoms with van der Waals surface area (Å²) >= 11 is 1.49. The second kappa shape index (κ2) is 11.5. The van der Waals surface area contributed by atoms with Gasteiger partial charge in [0, 0.05) is 18.7 Å². The summed E-state index contributed by atoms with van der Waals surface area (Å²) in [6.45, 7) is 19.3. The van der Waals surface area contributed by atoms with E-state index in [-0.39, 0.29) is 11.9 Å². The first-order valence-electron chi connectivity index (χ1n) is 11.0. The second-order valence-electron chi connectivity index (χ2n) is 8.26. The monoisotopic (exact) mass is 418 g/mol. The van der Waals surface area contributed by atoms with E-state index in [4.69, 9.17) is 4.37 Å². The smallest absolute Gasteiger partial charge is 0.311 e. The van der Waals surface area contributed by atoms with Crippen LogP contribution in [0.4, 0.5) is 9.80 Å². The van der Waals surface area contributed by atoms with Gasteiger partial charge in [-0.2, -0.15) is 4.37 Å². The molecule has 2 amide bonds. The molecule has 2 heterocycles. The van der Waals surface area contributed by atoms with Crippen LogP contribution < -0.4 is 4.90 Å². The van der Waals surface area contributed by atoms with Crippen molar-refractivity contribution < 1.29 is 4.79 Å². The standard InChI is InChI=1S/C23H38N4OS/c1-7-11-13-21-20(12-8-2)22(29-24-21)27-17-25(14-18(5)9-3)16-26(23(27)28)15-19(6)10-4/h9-10,18-19H,3-4,7-8,11-17H2,1-2,5-6H3. The molecule has 1 aliphatic rings. The Bertz CT molecular complexity index is 686. The number of amides is 2. The Balaban J connectivity index is 2.34. The van der Waals surface area contributed by atoms with Crippen LogP contribution in [0.25, 0.3) is 0 Å². The number of carbonyl (C=O) groups excluding carboxylic acids is 1. The van der Waals surface area contributed by atoms with Crippen molar-refractivity contribution in [2.24, 2.45) is 11.8 Å². The predicted octanol–water partition coefficient (Wildman–Crippen LogP) is 5.54. The summed E-state index contributed by atoms with van der Waals surface area (Å²) in [5.41, 5.74) is 2.46. The molecule has 2 unspecified atom stereocenters. The topological polar surface area (TPSA) is 39.7 Å². The molecule has 1 fully saturated rings. The zero-order valence-electron chi connectivity index (χ0n) is 18.7. The summed E-state index contributed by atoms with van der Waals surface area (Å²) in [7, 11) is 0. The minimum absolute atomic E-state index is 0.0873. The molecule has 2 atom stereocenters. The quantitative estimate of drug-likeness (QED) is 0.418. The van der Waals surface area contributed by atoms with Gasteiger partial charge in [-0.05, 0) is 42.6 Å². The van der Waals surface area contributed by atoms with Crippen molar-refractivity contribution in [3.05, 3.63) is 36.6 Å². The first-order chi connectivity index (χ1) is 13.9. The lowest BCUT2D eigenvalue weighted by atomic mass is 10.1. The number of rotatable bonds is 12. The number of nitrogens with zero attached hydrogens (tertiary/aromatic N) is 4. The molecule has 0 saturated carbocycles. The molecule has 0 radical (unpaired) electrons. The van der Waals surface area contributed by atoms with Gasteiger partial charge in [-0.1, -0.05) is 52.7 Å². The summed E-state index contributed by atoms with van der Waals surface area (Å²) in [4.78, 5) is 19.6. The number of hydrogen-bond donors (Lipinski definition) is 0. The van der Waals surface area contributed by atoms with Crippen LogP contribution in [0.1, 0.15) is 58.2 Å². The first-order valence-corrected chi connectivity index (χ1v) is 11.7. The van der Waals surface area contributed by atoms with Gasteiger partial charge in [0.05, 0.1) is 19.0 Å². The van der Waals surface area contributed by atoms with Crippen molar-refractivity contribution in [2.75, 3.05) is 31.3 Å². The highest BCUT2D eigenvalue weighted by molar-refractivity contribution is 7.10. The van der Waals surface area contributed by atoms with Gasteiger partial charge in [0.1, 0.15) is 5.00 Å². The fourth-order valence-electron chi connectivity index (χ4n) is 3.67. The Morgan fingerprint density at radius 3 is 2.38 bits per heavy atom. The molecule has 1 aromatic heterocycles. The summed E-state index contributed by atoms with van der Waals surface area (Å²) in [6, 6.07) is 0.0873. The highest BCUT2D eigenvalue weighted by atomic mass is 32.1. The van der Waals surface area contributed by atoms with Gasteiger partial charge in [-0.15, -0.1) is 13.2 Å². The van der Waals surface area contributed by atoms with E-state index in [0.717, 1.165) is 43.6 Å². The van der Waals surface area contributed by atoms with E-state index in [9.17, 15) is 4.79 Å². The third-order valence-electron chi connectivity index (χ3n) is 5.43. The molecule has 0 spiro atoms. The highest BCUT2D eigenvalue weighted by Crippen LogP contribution is 2.33. The van der Waals surface area contributed by atoms with Crippen LogP contribution in [-0.4, -0.2) is 46.6 Å². The van der Waals surface area contributed by atoms with Crippen LogP contribution in [-0.2, 0) is 12.8 Å². The number of aryl methyl sites for hydroxylation is 1. The first kappa shape index (κ1) is 23.6. The van der Waals surface area contributed by atoms with E-state index in [1.54, 1.807) is 0 Å². The van der Waals surface area contributed by atoms with Crippen molar-refractivity contribution in [1.29, 1.82) is 0 Å². The molecule has 2 rings (SSSR count). The lowest BCUT2D eigenvalue weighted by Crippen LogP contribution is -2.59. The average molecular weight is 419 g/mol. The van der Waals surface area contributed by atoms with Crippen LogP contribution in [0.15, 0.2) is 25.3 Å². The third-order valence-corrected chi connectivity index (χ3v) is 6.39. The summed E-state index contributed by atoms with van der Waals surface area (Å²) in [6.07, 6.45) is 9.22. The molecule has 29 heavy (non-hydrogen) atoms. The Morgan fingerprint density at radius 1 is 1.07 bits per heavy atom. The van der Waals surface area contributed by atoms with E-state index in [2.05, 4.69) is 45.8 Å². The number of anilines is 1. The van der Waals surface area contributed by atoms with Crippen LogP contribution in [0, 0.1) is 11.8 Å². The van der Waals surface area contributed by atoms with Crippen molar-refractivity contribution in [1.82, 2.24) is 14.2 Å². The molecule has 0 aromatic carbocycles. The fourth-order valence-corrected chi connectivity index (χ4v) is 4.63. The Labute approximate surface area is 181 Å². The van der Waals surface area contributed by atoms with Crippen molar-refractivity contribution in [2.45, 2.75) is 59.8 Å². The maximum absolute atomic E-state index is 13.4. The molecule has 5 nitrogen and oxygen atoms in total. The minimum Gasteiger partial charge on any atom is -0.311 e. The zero-order chi connectivity index (χ0) is 21.4. The van der Waals surface area contributed by atoms with E-state index in [0.29, 0.717) is 25.8 Å². The highest BCUT2D eigenvalue weighted by Gasteiger charge is 2.34. The maximum Gasteiger partial charge on any atom is 0.327 e. The van der Waals surface area contributed by atoms with Gasteiger partial charge < -0.3 is 4.90 Å². The largest absolute Gasteiger partial charge is 0.327 e. The zero-order valence-corrected chi connectivity index (χ0v) is 19.5. The van der Waals surface area contributed by atoms with Gasteiger partial charge in [-0.25, -0.2) is 4.79 Å². The van der Waals surface area contributed by atoms with Crippen molar-refractivity contribution in [3.8, 4) is 0 Å². The normalized spacial score (nSPS) is 17.4. The molecular formula is C23H38N4OS. The molecule has 0 N–H and O–H groups in total. The fraction of sp³-hybridized carbons (Fsp3) is 0.652. The van der Waals surface area contributed by atoms with Gasteiger partial charge in [0.2, 0.25) is 0 Å². The Morgan fingerprint density at radius 2 is 1.76 bits per heavy atom. The van der Waals surface area contributed by atoms with Gasteiger partial charge in [0.25, 0.3) is 0 Å². The molecule has 1 aromatic rings. The number of urea groups is 1. The second-order valence-corrected chi connectivity index (χ2v) is 9.01. The van der Waals surface area contributed by atoms with E-state index in [1.165, 1.54) is 22.8 Å². The number of hydrogen-bond acceptors (Lipinski definition) is 4. The third kappa shape index (κ3) is 6.16. The molecular weight excluding hydrogens is 380 g/mol. The molecule has 162 valence electrons. The van der Waals surface area contributed by atoms with Crippen LogP contribution >= 0.6 is 11.5 Å². The molecule has 1 saturated heterocycles. The van der Waals surface area contributed by atoms with E-state index < -0.39 is 0 Å². The SMILES string of the molecule is C=CC(C)CN1CN(CC(C)C=C)C(=O)N(c2snc(CCCC)c2CCC)C1. The Hall–Kier alpha value is -1.66. The average Bonchev–Trinajstić information content (AvgIpc) is 3.11. The Kier molecular flexibility index (Phi) is 9.37. The van der Waals surface area contributed by atoms with Gasteiger partial charge >= 0.3 is 6.03 Å². The lowest BCUT2D eigenvalue weighted by molar-refractivity contribution is 0.104. The molecule has 6 heteroatoms. The van der Waals surface area contributed by atoms with Crippen LogP contribution in [0.3, 0.4) is 0 Å². The predicted molar refractivity (Wildman–Crippen MR) is 124 cm³/mol. The van der Waals surface area contributed by atoms with E-state index in [1.807, 2.05) is 22.0 Å². The van der Waals surface area contributed by atoms with Crippen molar-refractivity contribution >= 4 is 22.6 Å². The number of carbonyl (C=O) groups is 1. The molecule has 0 bridgehead atoms. The summed E-state index contributed by atoms with van der Waals surface area (Å²) < 4.78 is 4.76. The number of unbranched alkanes of at least 4 members (excludes halogenated alkanes) is 1. The van der Waals surface area contributed by atoms with Crippen LogP contribution in [0.2, 0.25) is 0 Å². The lowest BCUT2D eigenvalue weighted by Gasteiger charge is -2.43. The minimum atomic E-state index is 0.0873. The molecule has 1 aliphatic heterocycles.